The summed E-state index contributed by atoms with van der Waals surface area (Å²) >= 11 is 0. The molecule has 0 amide bonds. The van der Waals surface area contributed by atoms with E-state index in [4.69, 9.17) is 0 Å². The van der Waals surface area contributed by atoms with Gasteiger partial charge in [0.15, 0.2) is 0 Å². The topological polar surface area (TPSA) is 3.24 Å². The molecule has 0 unspecified atom stereocenters. The normalized spacial score (nSPS) is 10.0. The maximum absolute atomic E-state index is 2.43. The molecule has 0 spiro atoms. The van der Waals surface area contributed by atoms with E-state index in [1.165, 1.54) is 11.1 Å². The third-order valence-electron chi connectivity index (χ3n) is 2.55. The first kappa shape index (κ1) is 13.8. The summed E-state index contributed by atoms with van der Waals surface area (Å²) in [6, 6.07) is 8.61. The Balaban J connectivity index is 0.00000169. The standard InChI is InChI=1S/C12H19N.Li.H/c1-4-13(5-2)10-12-9-7-6-8-11(12)3;;/h6-9H,4-5,10H2,1-3H3;;. The van der Waals surface area contributed by atoms with Crippen LogP contribution in [0.5, 0.6) is 0 Å². The van der Waals surface area contributed by atoms with Crippen molar-refractivity contribution in [3.8, 4) is 0 Å². The Morgan fingerprint density at radius 1 is 1.07 bits per heavy atom. The molecular weight excluding hydrogens is 165 g/mol. The van der Waals surface area contributed by atoms with Gasteiger partial charge in [0.05, 0.1) is 0 Å². The molecule has 0 aliphatic carbocycles. The van der Waals surface area contributed by atoms with Gasteiger partial charge in [-0.1, -0.05) is 38.1 Å². The van der Waals surface area contributed by atoms with Crippen LogP contribution in [0.15, 0.2) is 24.3 Å². The van der Waals surface area contributed by atoms with Crippen LogP contribution in [-0.2, 0) is 6.54 Å². The first-order valence-electron chi connectivity index (χ1n) is 5.04. The van der Waals surface area contributed by atoms with Crippen molar-refractivity contribution in [2.75, 3.05) is 13.1 Å². The van der Waals surface area contributed by atoms with Crippen LogP contribution in [0, 0.1) is 6.92 Å². The zero-order valence-electron chi connectivity index (χ0n) is 8.88. The van der Waals surface area contributed by atoms with Crippen molar-refractivity contribution in [3.05, 3.63) is 35.4 Å². The summed E-state index contributed by atoms with van der Waals surface area (Å²) in [6.45, 7) is 9.94. The van der Waals surface area contributed by atoms with Crippen LogP contribution in [0.4, 0.5) is 0 Å². The Morgan fingerprint density at radius 2 is 1.64 bits per heavy atom. The van der Waals surface area contributed by atoms with Crippen LogP contribution in [0.3, 0.4) is 0 Å². The van der Waals surface area contributed by atoms with Gasteiger partial charge in [-0.15, -0.1) is 0 Å². The summed E-state index contributed by atoms with van der Waals surface area (Å²) in [5.41, 5.74) is 2.85. The van der Waals surface area contributed by atoms with E-state index in [2.05, 4.69) is 49.9 Å². The van der Waals surface area contributed by atoms with Crippen molar-refractivity contribution >= 4 is 18.9 Å². The molecular formula is C12H20LiN. The minimum absolute atomic E-state index is 0. The van der Waals surface area contributed by atoms with E-state index in [0.29, 0.717) is 0 Å². The zero-order valence-corrected chi connectivity index (χ0v) is 8.88. The van der Waals surface area contributed by atoms with Crippen LogP contribution < -0.4 is 0 Å². The molecule has 14 heavy (non-hydrogen) atoms. The fourth-order valence-electron chi connectivity index (χ4n) is 1.48. The molecule has 0 aromatic heterocycles. The minimum atomic E-state index is 0. The van der Waals surface area contributed by atoms with Crippen molar-refractivity contribution in [3.63, 3.8) is 0 Å². The average Bonchev–Trinajstić information content (AvgIpc) is 2.17. The van der Waals surface area contributed by atoms with Crippen molar-refractivity contribution in [1.29, 1.82) is 0 Å². The molecule has 0 heterocycles. The van der Waals surface area contributed by atoms with Gasteiger partial charge in [-0.25, -0.2) is 0 Å². The van der Waals surface area contributed by atoms with Crippen molar-refractivity contribution in [1.82, 2.24) is 4.90 Å². The Labute approximate surface area is 99.7 Å². The molecule has 0 bridgehead atoms. The van der Waals surface area contributed by atoms with Crippen LogP contribution in [0.1, 0.15) is 25.0 Å². The number of aryl methyl sites for hydroxylation is 1. The molecule has 1 rings (SSSR count). The van der Waals surface area contributed by atoms with Crippen molar-refractivity contribution in [2.45, 2.75) is 27.3 Å². The summed E-state index contributed by atoms with van der Waals surface area (Å²) in [5.74, 6) is 0. The molecule has 0 saturated heterocycles. The second-order valence-electron chi connectivity index (χ2n) is 3.39. The van der Waals surface area contributed by atoms with E-state index in [0.717, 1.165) is 19.6 Å². The quantitative estimate of drug-likeness (QED) is 0.650. The first-order valence-corrected chi connectivity index (χ1v) is 5.04. The number of benzene rings is 1. The Morgan fingerprint density at radius 3 is 2.14 bits per heavy atom. The van der Waals surface area contributed by atoms with Gasteiger partial charge >= 0.3 is 18.9 Å². The molecule has 0 aliphatic heterocycles. The predicted molar refractivity (Wildman–Crippen MR) is 65.0 cm³/mol. The van der Waals surface area contributed by atoms with Gasteiger partial charge in [0.25, 0.3) is 0 Å². The first-order chi connectivity index (χ1) is 6.27. The molecule has 0 saturated carbocycles. The third-order valence-corrected chi connectivity index (χ3v) is 2.55. The molecule has 1 aromatic carbocycles. The van der Waals surface area contributed by atoms with E-state index < -0.39 is 0 Å². The summed E-state index contributed by atoms with van der Waals surface area (Å²) in [7, 11) is 0. The number of rotatable bonds is 4. The Bertz CT molecular complexity index is 256. The Kier molecular flexibility index (Phi) is 7.01. The molecule has 0 aliphatic rings. The summed E-state index contributed by atoms with van der Waals surface area (Å²) < 4.78 is 0. The van der Waals surface area contributed by atoms with Crippen LogP contribution in [-0.4, -0.2) is 36.9 Å². The van der Waals surface area contributed by atoms with Gasteiger partial charge in [0, 0.05) is 6.54 Å². The average molecular weight is 185 g/mol. The molecule has 1 aromatic rings. The molecule has 74 valence electrons. The van der Waals surface area contributed by atoms with Crippen molar-refractivity contribution in [2.24, 2.45) is 0 Å². The Hall–Kier alpha value is -0.223. The van der Waals surface area contributed by atoms with Crippen LogP contribution in [0.25, 0.3) is 0 Å². The number of hydrogen-bond acceptors (Lipinski definition) is 1. The fraction of sp³-hybridized carbons (Fsp3) is 0.500. The van der Waals surface area contributed by atoms with E-state index in [9.17, 15) is 0 Å². The van der Waals surface area contributed by atoms with E-state index in [1.807, 2.05) is 0 Å². The third kappa shape index (κ3) is 3.88. The molecule has 0 fully saturated rings. The molecule has 0 atom stereocenters. The van der Waals surface area contributed by atoms with Gasteiger partial charge in [-0.2, -0.15) is 0 Å². The summed E-state index contributed by atoms with van der Waals surface area (Å²) in [4.78, 5) is 2.43. The maximum atomic E-state index is 2.43. The molecule has 0 radical (unpaired) electrons. The predicted octanol–water partition coefficient (Wildman–Crippen LogP) is 2.19. The molecule has 2 heteroatoms. The van der Waals surface area contributed by atoms with Crippen LogP contribution in [0.2, 0.25) is 0 Å². The van der Waals surface area contributed by atoms with Gasteiger partial charge in [0.1, 0.15) is 0 Å². The van der Waals surface area contributed by atoms with Crippen LogP contribution >= 0.6 is 0 Å². The zero-order chi connectivity index (χ0) is 9.68. The second kappa shape index (κ2) is 7.12. The van der Waals surface area contributed by atoms with E-state index >= 15 is 0 Å². The number of hydrogen-bond donors (Lipinski definition) is 0. The van der Waals surface area contributed by atoms with E-state index in [-0.39, 0.29) is 18.9 Å². The van der Waals surface area contributed by atoms with Gasteiger partial charge in [-0.05, 0) is 31.1 Å². The van der Waals surface area contributed by atoms with E-state index in [1.54, 1.807) is 0 Å². The SMILES string of the molecule is CCN(CC)Cc1ccccc1C.[LiH]. The van der Waals surface area contributed by atoms with Crippen molar-refractivity contribution < 1.29 is 0 Å². The second-order valence-corrected chi connectivity index (χ2v) is 3.39. The van der Waals surface area contributed by atoms with Gasteiger partial charge in [0.2, 0.25) is 0 Å². The monoisotopic (exact) mass is 185 g/mol. The number of nitrogens with zero attached hydrogens (tertiary/aromatic N) is 1. The summed E-state index contributed by atoms with van der Waals surface area (Å²) in [5, 5.41) is 0. The van der Waals surface area contributed by atoms with Gasteiger partial charge < -0.3 is 0 Å². The summed E-state index contributed by atoms with van der Waals surface area (Å²) in [6.07, 6.45) is 0. The molecule has 0 N–H and O–H groups in total. The van der Waals surface area contributed by atoms with Gasteiger partial charge in [-0.3, -0.25) is 4.90 Å². The molecule has 1 nitrogen and oxygen atoms in total. The fourth-order valence-corrected chi connectivity index (χ4v) is 1.48.